The van der Waals surface area contributed by atoms with Crippen LogP contribution < -0.4 is 14.7 Å². The normalized spacial score (nSPS) is 11.8. The molecule has 0 unspecified atom stereocenters. The van der Waals surface area contributed by atoms with Gasteiger partial charge in [-0.15, -0.1) is 34.0 Å². The lowest BCUT2D eigenvalue weighted by molar-refractivity contribution is 1.30. The molecule has 0 bridgehead atoms. The van der Waals surface area contributed by atoms with Crippen molar-refractivity contribution in [1.29, 1.82) is 0 Å². The van der Waals surface area contributed by atoms with Crippen LogP contribution in [0, 0.1) is 0 Å². The summed E-state index contributed by atoms with van der Waals surface area (Å²) in [5.74, 6) is 0. The van der Waals surface area contributed by atoms with Crippen molar-refractivity contribution in [3.63, 3.8) is 0 Å². The highest BCUT2D eigenvalue weighted by Gasteiger charge is 2.26. The predicted molar refractivity (Wildman–Crippen MR) is 603 cm³/mol. The number of fused-ring (bicyclic) bond motifs is 27. The molecule has 0 saturated heterocycles. The summed E-state index contributed by atoms with van der Waals surface area (Å²) in [4.78, 5) is 7.31. The Kier molecular flexibility index (Phi) is 19.6. The Bertz CT molecular complexity index is 9970. The van der Waals surface area contributed by atoms with Gasteiger partial charge in [0.15, 0.2) is 0 Å². The lowest BCUT2D eigenvalue weighted by Gasteiger charge is -2.29. The van der Waals surface area contributed by atoms with E-state index in [0.29, 0.717) is 0 Å². The fourth-order valence-electron chi connectivity index (χ4n) is 21.9. The molecule has 3 aromatic heterocycles. The first-order valence-corrected chi connectivity index (χ1v) is 49.7. The van der Waals surface area contributed by atoms with Crippen LogP contribution in [0.1, 0.15) is 0 Å². The average molecular weight is 1810 g/mol. The summed E-state index contributed by atoms with van der Waals surface area (Å²) in [6.45, 7) is 0. The quantitative estimate of drug-likeness (QED) is 0.120. The Morgan fingerprint density at radius 1 is 0.123 bits per heavy atom. The second-order valence-corrected chi connectivity index (χ2v) is 39.1. The van der Waals surface area contributed by atoms with Crippen molar-refractivity contribution in [3.05, 3.63) is 504 Å². The molecule has 6 heteroatoms. The first-order valence-electron chi connectivity index (χ1n) is 47.2. The van der Waals surface area contributed by atoms with E-state index in [-0.39, 0.29) is 0 Å². The van der Waals surface area contributed by atoms with E-state index in [1.165, 1.54) is 229 Å². The van der Waals surface area contributed by atoms with E-state index in [2.05, 4.69) is 518 Å². The Morgan fingerprint density at radius 2 is 0.377 bits per heavy atom. The number of benzene rings is 26. The summed E-state index contributed by atoms with van der Waals surface area (Å²) in [6, 6.07) is 185. The van der Waals surface area contributed by atoms with Crippen molar-refractivity contribution in [2.45, 2.75) is 0 Å². The van der Waals surface area contributed by atoms with Gasteiger partial charge in [-0.3, -0.25) is 0 Å². The summed E-state index contributed by atoms with van der Waals surface area (Å²) < 4.78 is 8.06. The molecule has 3 nitrogen and oxygen atoms in total. The molecule has 29 aromatic rings. The molecule has 138 heavy (non-hydrogen) atoms. The van der Waals surface area contributed by atoms with Gasteiger partial charge in [0.25, 0.3) is 0 Å². The maximum absolute atomic E-state index is 2.46. The molecule has 3 heterocycles. The molecule has 0 aliphatic carbocycles. The summed E-state index contributed by atoms with van der Waals surface area (Å²) in [5, 5.41) is 38.2. The fraction of sp³-hybridized carbons (Fsp3) is 0. The zero-order valence-corrected chi connectivity index (χ0v) is 77.4. The molecular weight excluding hydrogens is 1720 g/mol. The lowest BCUT2D eigenvalue weighted by atomic mass is 9.85. The lowest BCUT2D eigenvalue weighted by Crippen LogP contribution is -2.11. The summed E-state index contributed by atoms with van der Waals surface area (Å²) in [6.07, 6.45) is 0. The summed E-state index contributed by atoms with van der Waals surface area (Å²) in [7, 11) is 0. The highest BCUT2D eigenvalue weighted by molar-refractivity contribution is 7.27. The number of hydrogen-bond donors (Lipinski definition) is 0. The minimum atomic E-state index is 1.11. The molecule has 0 amide bonds. The topological polar surface area (TPSA) is 9.72 Å². The highest BCUT2D eigenvalue weighted by Crippen LogP contribution is 2.53. The molecule has 0 spiro atoms. The maximum atomic E-state index is 2.46. The fourth-order valence-corrected chi connectivity index (χ4v) is 25.6. The van der Waals surface area contributed by atoms with E-state index in [0.717, 1.165) is 34.1 Å². The number of thiophene rings is 3. The molecule has 644 valence electrons. The first kappa shape index (κ1) is 80.5. The Balaban J connectivity index is 0.000000106. The SMILES string of the molecule is c1ccc(-c2c(-c3ccc(N(c4ccc5c(ccc6c7ccccc7sc56)c4)c4cccc5ccccc45)cc3)c3ccccc3c3ccccc23)cc1.c1ccc2c(N(c3ccc4c(ccc5c6ccccc6sc45)c3)c3cc4ccccc4c4ccccc34)cccc2c1.c1ccc2c(N(c3ccc4c(ccc5ccccc54)c3)c3ccc4c(ccc5c6ccccc6sc45)c3)cccc2c1. The van der Waals surface area contributed by atoms with E-state index < -0.39 is 0 Å². The van der Waals surface area contributed by atoms with E-state index in [1.807, 2.05) is 34.0 Å². The van der Waals surface area contributed by atoms with Gasteiger partial charge < -0.3 is 14.7 Å². The van der Waals surface area contributed by atoms with Crippen LogP contribution in [0.5, 0.6) is 0 Å². The van der Waals surface area contributed by atoms with Crippen molar-refractivity contribution >= 4 is 275 Å². The number of nitrogens with zero attached hydrogens (tertiary/aromatic N) is 3. The van der Waals surface area contributed by atoms with Crippen LogP contribution in [-0.4, -0.2) is 0 Å². The Hall–Kier alpha value is -17.1. The molecule has 0 aliphatic heterocycles. The van der Waals surface area contributed by atoms with Gasteiger partial charge in [-0.1, -0.05) is 400 Å². The first-order chi connectivity index (χ1) is 68.4. The van der Waals surface area contributed by atoms with Crippen LogP contribution in [0.25, 0.3) is 212 Å². The molecule has 26 aromatic carbocycles. The third-order valence-electron chi connectivity index (χ3n) is 28.2. The van der Waals surface area contributed by atoms with Crippen molar-refractivity contribution in [1.82, 2.24) is 0 Å². The average Bonchev–Trinajstić information content (AvgIpc) is 1.07. The van der Waals surface area contributed by atoms with Crippen molar-refractivity contribution < 1.29 is 0 Å². The van der Waals surface area contributed by atoms with Gasteiger partial charge in [-0.25, -0.2) is 0 Å². The third kappa shape index (κ3) is 13.7. The molecule has 0 atom stereocenters. The second-order valence-electron chi connectivity index (χ2n) is 35.9. The maximum Gasteiger partial charge on any atom is 0.0546 e. The molecule has 0 aliphatic rings. The smallest absolute Gasteiger partial charge is 0.0546 e. The van der Waals surface area contributed by atoms with Gasteiger partial charge in [-0.2, -0.15) is 0 Å². The van der Waals surface area contributed by atoms with Crippen molar-refractivity contribution in [3.8, 4) is 22.3 Å². The molecule has 0 saturated carbocycles. The van der Waals surface area contributed by atoms with Crippen LogP contribution >= 0.6 is 34.0 Å². The largest absolute Gasteiger partial charge is 0.310 e. The van der Waals surface area contributed by atoms with Crippen molar-refractivity contribution in [2.75, 3.05) is 14.7 Å². The second kappa shape index (κ2) is 33.5. The van der Waals surface area contributed by atoms with E-state index in [1.54, 1.807) is 0 Å². The molecule has 0 N–H and O–H groups in total. The van der Waals surface area contributed by atoms with Crippen LogP contribution in [0.4, 0.5) is 51.2 Å². The number of hydrogen-bond acceptors (Lipinski definition) is 6. The van der Waals surface area contributed by atoms with Crippen LogP contribution in [0.2, 0.25) is 0 Å². The zero-order valence-electron chi connectivity index (χ0n) is 75.0. The monoisotopic (exact) mass is 1810 g/mol. The van der Waals surface area contributed by atoms with E-state index in [4.69, 9.17) is 0 Å². The van der Waals surface area contributed by atoms with Gasteiger partial charge in [0, 0.05) is 110 Å². The predicted octanol–water partition coefficient (Wildman–Crippen LogP) is 39.7. The standard InChI is InChI=1S/C52H33NS.2C40H25NS/c1-2-14-35(15-3-1)50-45-21-8-6-18-42(45)43-19-7-9-22-46(43)51(50)36-25-28-38(29-26-36)53(48-23-12-16-34-13-4-5-17-40(34)48)39-30-32-41-37(33-39)27-31-47-44-20-10-11-24-49(44)54-52(41)47;1-4-14-31-26(10-1)12-9-18-37(31)41(38-25-27-11-2-3-13-30(27)33-15-5-6-16-34(33)38)29-21-23-32-28(24-29)20-22-36-35-17-7-8-19-39(35)42-40(32)36;1-3-11-32-27(9-1)16-17-28-24-30(19-22-33(28)32)41(38-14-7-10-26-8-2-4-12-34(26)38)31-20-23-35-29(25-31)18-21-37-36-13-5-6-15-39(36)42-40(35)37/h1-33H;2*1-25H. The third-order valence-corrected chi connectivity index (χ3v) is 31.9. The van der Waals surface area contributed by atoms with Gasteiger partial charge in [0.1, 0.15) is 0 Å². The van der Waals surface area contributed by atoms with Crippen molar-refractivity contribution in [2.24, 2.45) is 0 Å². The number of anilines is 9. The highest BCUT2D eigenvalue weighted by atomic mass is 32.1. The summed E-state index contributed by atoms with van der Waals surface area (Å²) in [5.41, 5.74) is 15.3. The molecule has 0 radical (unpaired) electrons. The minimum absolute atomic E-state index is 1.11. The number of rotatable bonds is 11. The van der Waals surface area contributed by atoms with Gasteiger partial charge in [0.05, 0.1) is 22.7 Å². The van der Waals surface area contributed by atoms with Crippen LogP contribution in [0.15, 0.2) is 504 Å². The van der Waals surface area contributed by atoms with Gasteiger partial charge >= 0.3 is 0 Å². The summed E-state index contributed by atoms with van der Waals surface area (Å²) >= 11 is 5.67. The Labute approximate surface area is 808 Å². The van der Waals surface area contributed by atoms with E-state index in [9.17, 15) is 0 Å². The minimum Gasteiger partial charge on any atom is -0.310 e. The zero-order chi connectivity index (χ0) is 90.8. The van der Waals surface area contributed by atoms with Gasteiger partial charge in [0.2, 0.25) is 0 Å². The molecule has 0 fully saturated rings. The molecular formula is C132H83N3S3. The van der Waals surface area contributed by atoms with Gasteiger partial charge in [-0.05, 0) is 233 Å². The molecule has 29 rings (SSSR count). The Morgan fingerprint density at radius 3 is 0.812 bits per heavy atom. The van der Waals surface area contributed by atoms with E-state index >= 15 is 0 Å². The van der Waals surface area contributed by atoms with Crippen LogP contribution in [-0.2, 0) is 0 Å². The van der Waals surface area contributed by atoms with Crippen LogP contribution in [0.3, 0.4) is 0 Å².